The van der Waals surface area contributed by atoms with Gasteiger partial charge in [0, 0.05) is 17.1 Å². The third-order valence-electron chi connectivity index (χ3n) is 6.62. The molecular formula is C30H49N3O4. The minimum Gasteiger partial charge on any atom is -0.444 e. The number of amides is 2. The Morgan fingerprint density at radius 1 is 1.08 bits per heavy atom. The Balaban J connectivity index is 2.24. The quantitative estimate of drug-likeness (QED) is 0.358. The van der Waals surface area contributed by atoms with Gasteiger partial charge >= 0.3 is 6.09 Å². The van der Waals surface area contributed by atoms with E-state index in [4.69, 9.17) is 4.74 Å². The predicted octanol–water partition coefficient (Wildman–Crippen LogP) is 5.87. The molecule has 2 atom stereocenters. The van der Waals surface area contributed by atoms with E-state index in [1.54, 1.807) is 0 Å². The van der Waals surface area contributed by atoms with Crippen LogP contribution in [0.5, 0.6) is 0 Å². The molecule has 1 heterocycles. The summed E-state index contributed by atoms with van der Waals surface area (Å²) in [7, 11) is 0. The Morgan fingerprint density at radius 3 is 2.16 bits per heavy atom. The average Bonchev–Trinajstić information content (AvgIpc) is 2.73. The number of hydroxylamine groups is 2. The molecule has 1 aromatic rings. The second kappa shape index (κ2) is 12.4. The number of rotatable bonds is 9. The number of carbonyl (C=O) groups excluding carboxylic acids is 2. The van der Waals surface area contributed by atoms with Crippen molar-refractivity contribution in [3.05, 3.63) is 48.0 Å². The van der Waals surface area contributed by atoms with Gasteiger partial charge in [0.2, 0.25) is 5.91 Å². The van der Waals surface area contributed by atoms with E-state index >= 15 is 0 Å². The molecule has 0 spiro atoms. The third kappa shape index (κ3) is 10.1. The SMILES string of the molecule is CC(C)C[C@@H](C=C[C@H](Cc1ccccc1)C(=O)NC1CC(C)(C)N(O)C(C)(C)C1)NC(=O)OC(C)(C)C. The first kappa shape index (κ1) is 30.8. The number of benzene rings is 1. The van der Waals surface area contributed by atoms with E-state index in [0.29, 0.717) is 25.2 Å². The van der Waals surface area contributed by atoms with Crippen LogP contribution < -0.4 is 10.6 Å². The maximum absolute atomic E-state index is 13.6. The van der Waals surface area contributed by atoms with Gasteiger partial charge in [-0.1, -0.05) is 56.3 Å². The molecular weight excluding hydrogens is 466 g/mol. The summed E-state index contributed by atoms with van der Waals surface area (Å²) in [5.74, 6) is -0.112. The first-order valence-corrected chi connectivity index (χ1v) is 13.5. The van der Waals surface area contributed by atoms with Gasteiger partial charge in [-0.2, -0.15) is 5.06 Å². The fourth-order valence-corrected chi connectivity index (χ4v) is 5.22. The zero-order valence-electron chi connectivity index (χ0n) is 24.3. The Labute approximate surface area is 224 Å². The van der Waals surface area contributed by atoms with Crippen molar-refractivity contribution in [1.29, 1.82) is 0 Å². The van der Waals surface area contributed by atoms with Crippen molar-refractivity contribution in [2.24, 2.45) is 11.8 Å². The number of carbonyl (C=O) groups is 2. The highest BCUT2D eigenvalue weighted by molar-refractivity contribution is 5.81. The molecule has 3 N–H and O–H groups in total. The van der Waals surface area contributed by atoms with Gasteiger partial charge in [0.1, 0.15) is 5.60 Å². The Morgan fingerprint density at radius 2 is 1.65 bits per heavy atom. The van der Waals surface area contributed by atoms with Crippen LogP contribution >= 0.6 is 0 Å². The molecule has 0 aliphatic carbocycles. The van der Waals surface area contributed by atoms with Crippen molar-refractivity contribution in [2.45, 2.75) is 117 Å². The van der Waals surface area contributed by atoms with Crippen LogP contribution in [0.1, 0.15) is 87.1 Å². The van der Waals surface area contributed by atoms with Gasteiger partial charge < -0.3 is 20.6 Å². The summed E-state index contributed by atoms with van der Waals surface area (Å²) in [4.78, 5) is 26.1. The summed E-state index contributed by atoms with van der Waals surface area (Å²) in [5.41, 5.74) is -0.426. The predicted molar refractivity (Wildman–Crippen MR) is 148 cm³/mol. The molecule has 7 nitrogen and oxygen atoms in total. The second-order valence-electron chi connectivity index (χ2n) is 13.1. The molecule has 1 fully saturated rings. The van der Waals surface area contributed by atoms with E-state index < -0.39 is 28.7 Å². The van der Waals surface area contributed by atoms with E-state index in [1.165, 1.54) is 5.06 Å². The first-order chi connectivity index (χ1) is 17.0. The van der Waals surface area contributed by atoms with Crippen LogP contribution in [-0.4, -0.2) is 51.0 Å². The van der Waals surface area contributed by atoms with Gasteiger partial charge in [-0.3, -0.25) is 4.79 Å². The molecule has 2 rings (SSSR count). The van der Waals surface area contributed by atoms with Crippen LogP contribution in [0.2, 0.25) is 0 Å². The van der Waals surface area contributed by atoms with Crippen LogP contribution in [0.25, 0.3) is 0 Å². The summed E-state index contributed by atoms with van der Waals surface area (Å²) >= 11 is 0. The summed E-state index contributed by atoms with van der Waals surface area (Å²) in [6, 6.07) is 9.65. The zero-order valence-corrected chi connectivity index (χ0v) is 24.3. The van der Waals surface area contributed by atoms with Gasteiger partial charge in [0.05, 0.1) is 12.0 Å². The van der Waals surface area contributed by atoms with Crippen molar-refractivity contribution in [1.82, 2.24) is 15.7 Å². The molecule has 208 valence electrons. The lowest BCUT2D eigenvalue weighted by Gasteiger charge is -2.51. The highest BCUT2D eigenvalue weighted by Gasteiger charge is 2.45. The Kier molecular flexibility index (Phi) is 10.4. The third-order valence-corrected chi connectivity index (χ3v) is 6.62. The van der Waals surface area contributed by atoms with Gasteiger partial charge in [-0.05, 0) is 85.6 Å². The largest absolute Gasteiger partial charge is 0.444 e. The Hall–Kier alpha value is -2.38. The van der Waals surface area contributed by atoms with Crippen molar-refractivity contribution < 1.29 is 19.5 Å². The van der Waals surface area contributed by atoms with Crippen molar-refractivity contribution in [3.8, 4) is 0 Å². The molecule has 37 heavy (non-hydrogen) atoms. The van der Waals surface area contributed by atoms with E-state index in [1.807, 2.05) is 91.0 Å². The lowest BCUT2D eigenvalue weighted by Crippen LogP contribution is -2.63. The van der Waals surface area contributed by atoms with Crippen LogP contribution in [0.4, 0.5) is 4.79 Å². The van der Waals surface area contributed by atoms with Crippen molar-refractivity contribution in [3.63, 3.8) is 0 Å². The number of nitrogens with zero attached hydrogens (tertiary/aromatic N) is 1. The average molecular weight is 516 g/mol. The van der Waals surface area contributed by atoms with E-state index in [2.05, 4.69) is 24.5 Å². The molecule has 1 saturated heterocycles. The first-order valence-electron chi connectivity index (χ1n) is 13.5. The summed E-state index contributed by atoms with van der Waals surface area (Å²) in [5, 5.41) is 18.3. The minimum absolute atomic E-state index is 0.0522. The van der Waals surface area contributed by atoms with Crippen molar-refractivity contribution in [2.75, 3.05) is 0 Å². The summed E-state index contributed by atoms with van der Waals surface area (Å²) in [6.07, 6.45) is 5.97. The molecule has 0 saturated carbocycles. The van der Waals surface area contributed by atoms with E-state index in [0.717, 1.165) is 12.0 Å². The van der Waals surface area contributed by atoms with Gasteiger partial charge in [0.25, 0.3) is 0 Å². The van der Waals surface area contributed by atoms with Crippen LogP contribution in [0, 0.1) is 11.8 Å². The lowest BCUT2D eigenvalue weighted by molar-refractivity contribution is -0.246. The molecule has 0 bridgehead atoms. The van der Waals surface area contributed by atoms with Crippen molar-refractivity contribution >= 4 is 12.0 Å². The lowest BCUT2D eigenvalue weighted by atomic mass is 9.78. The molecule has 1 aromatic carbocycles. The monoisotopic (exact) mass is 515 g/mol. The minimum atomic E-state index is -0.586. The normalized spacial score (nSPS) is 20.0. The number of alkyl carbamates (subject to hydrolysis) is 1. The number of piperidine rings is 1. The molecule has 1 aliphatic heterocycles. The van der Waals surface area contributed by atoms with Crippen LogP contribution in [-0.2, 0) is 16.0 Å². The number of hydrogen-bond donors (Lipinski definition) is 3. The summed E-state index contributed by atoms with van der Waals surface area (Å²) in [6.45, 7) is 17.7. The topological polar surface area (TPSA) is 90.9 Å². The van der Waals surface area contributed by atoms with Crippen LogP contribution in [0.15, 0.2) is 42.5 Å². The maximum Gasteiger partial charge on any atom is 0.408 e. The zero-order chi connectivity index (χ0) is 28.0. The van der Waals surface area contributed by atoms with Gasteiger partial charge in [-0.25, -0.2) is 4.79 Å². The smallest absolute Gasteiger partial charge is 0.408 e. The van der Waals surface area contributed by atoms with Gasteiger partial charge in [0.15, 0.2) is 0 Å². The maximum atomic E-state index is 13.6. The molecule has 0 radical (unpaired) electrons. The van der Waals surface area contributed by atoms with Crippen LogP contribution in [0.3, 0.4) is 0 Å². The number of ether oxygens (including phenoxy) is 1. The molecule has 0 unspecified atom stereocenters. The number of hydrogen-bond acceptors (Lipinski definition) is 5. The molecule has 0 aromatic heterocycles. The van der Waals surface area contributed by atoms with Gasteiger partial charge in [-0.15, -0.1) is 0 Å². The summed E-state index contributed by atoms with van der Waals surface area (Å²) < 4.78 is 5.46. The van der Waals surface area contributed by atoms with E-state index in [9.17, 15) is 14.8 Å². The molecule has 7 heteroatoms. The molecule has 1 aliphatic rings. The Bertz CT molecular complexity index is 901. The van der Waals surface area contributed by atoms with E-state index in [-0.39, 0.29) is 18.0 Å². The fraction of sp³-hybridized carbons (Fsp3) is 0.667. The highest BCUT2D eigenvalue weighted by Crippen LogP contribution is 2.36. The second-order valence-corrected chi connectivity index (χ2v) is 13.1. The standard InChI is InChI=1S/C30H49N3O4/c1-21(2)17-24(32-27(35)37-28(3,4)5)16-15-23(18-22-13-11-10-12-14-22)26(34)31-25-19-29(6,7)33(36)30(8,9)20-25/h10-16,21,23-25,36H,17-20H2,1-9H3,(H,31,34)(H,32,35)/t23-,24-/m1/s1. The highest BCUT2D eigenvalue weighted by atomic mass is 16.6. The number of nitrogens with one attached hydrogen (secondary N) is 2. The fourth-order valence-electron chi connectivity index (χ4n) is 5.22. The molecule has 2 amide bonds.